The molecule has 5 heteroatoms. The van der Waals surface area contributed by atoms with E-state index in [-0.39, 0.29) is 11.8 Å². The number of fused-ring (bicyclic) bond motifs is 3. The lowest BCUT2D eigenvalue weighted by Crippen LogP contribution is -2.24. The first kappa shape index (κ1) is 17.9. The minimum absolute atomic E-state index is 0.0181. The zero-order chi connectivity index (χ0) is 19.0. The number of ether oxygens (including phenoxy) is 2. The van der Waals surface area contributed by atoms with Gasteiger partial charge in [0.15, 0.2) is 11.5 Å². The maximum atomic E-state index is 12.5. The summed E-state index contributed by atoms with van der Waals surface area (Å²) in [4.78, 5) is 12.5. The standard InChI is InChI=1S/C22H20BrNO3/c1-3-27-20-10-17(18(23)12-19(20)26-2)16-11-21(25)24-22-14-7-5-4-6-13(14)8-9-15(16)22/h4-10,12,16H,3,11H2,1-2H3,(H,24,25)/t16-/m0/s1. The number of nitrogens with one attached hydrogen (secondary N) is 1. The summed E-state index contributed by atoms with van der Waals surface area (Å²) in [6, 6.07) is 16.2. The van der Waals surface area contributed by atoms with Gasteiger partial charge in [0.2, 0.25) is 5.91 Å². The number of methoxy groups -OCH3 is 1. The lowest BCUT2D eigenvalue weighted by Gasteiger charge is -2.28. The van der Waals surface area contributed by atoms with Crippen LogP contribution in [0, 0.1) is 0 Å². The van der Waals surface area contributed by atoms with Gasteiger partial charge < -0.3 is 14.8 Å². The number of hydrogen-bond donors (Lipinski definition) is 1. The van der Waals surface area contributed by atoms with E-state index in [2.05, 4.69) is 39.4 Å². The first-order chi connectivity index (χ1) is 13.1. The van der Waals surface area contributed by atoms with E-state index in [9.17, 15) is 4.79 Å². The highest BCUT2D eigenvalue weighted by atomic mass is 79.9. The molecule has 3 aromatic rings. The van der Waals surface area contributed by atoms with Crippen LogP contribution in [0.2, 0.25) is 0 Å². The Labute approximate surface area is 166 Å². The predicted octanol–water partition coefficient (Wildman–Crippen LogP) is 5.48. The molecule has 4 nitrogen and oxygen atoms in total. The third kappa shape index (κ3) is 3.16. The van der Waals surface area contributed by atoms with Crippen molar-refractivity contribution >= 4 is 38.3 Å². The maximum absolute atomic E-state index is 12.5. The van der Waals surface area contributed by atoms with Gasteiger partial charge in [-0.3, -0.25) is 4.79 Å². The number of hydrogen-bond acceptors (Lipinski definition) is 3. The molecule has 1 atom stereocenters. The van der Waals surface area contributed by atoms with Crippen molar-refractivity contribution in [3.05, 3.63) is 64.1 Å². The molecule has 1 N–H and O–H groups in total. The van der Waals surface area contributed by atoms with Crippen LogP contribution >= 0.6 is 15.9 Å². The van der Waals surface area contributed by atoms with Gasteiger partial charge in [0.1, 0.15) is 0 Å². The molecule has 0 saturated carbocycles. The molecular weight excluding hydrogens is 406 g/mol. The molecule has 1 aliphatic rings. The molecule has 0 aliphatic carbocycles. The Morgan fingerprint density at radius 1 is 1.11 bits per heavy atom. The molecule has 27 heavy (non-hydrogen) atoms. The van der Waals surface area contributed by atoms with Gasteiger partial charge in [0.25, 0.3) is 0 Å². The number of anilines is 1. The molecule has 0 bridgehead atoms. The fraction of sp³-hybridized carbons (Fsp3) is 0.227. The zero-order valence-corrected chi connectivity index (χ0v) is 16.8. The van der Waals surface area contributed by atoms with E-state index in [1.54, 1.807) is 7.11 Å². The van der Waals surface area contributed by atoms with Crippen LogP contribution in [0.15, 0.2) is 53.0 Å². The van der Waals surface area contributed by atoms with Gasteiger partial charge in [-0.25, -0.2) is 0 Å². The predicted molar refractivity (Wildman–Crippen MR) is 111 cm³/mol. The van der Waals surface area contributed by atoms with E-state index in [0.717, 1.165) is 32.1 Å². The van der Waals surface area contributed by atoms with Gasteiger partial charge in [-0.05, 0) is 35.6 Å². The summed E-state index contributed by atoms with van der Waals surface area (Å²) in [5.41, 5.74) is 3.03. The molecule has 3 aromatic carbocycles. The Hall–Kier alpha value is -2.53. The highest BCUT2D eigenvalue weighted by Crippen LogP contribution is 2.45. The second kappa shape index (κ2) is 7.24. The molecule has 4 rings (SSSR count). The van der Waals surface area contributed by atoms with E-state index >= 15 is 0 Å². The summed E-state index contributed by atoms with van der Waals surface area (Å²) in [6.07, 6.45) is 0.391. The molecule has 0 saturated heterocycles. The quantitative estimate of drug-likeness (QED) is 0.601. The van der Waals surface area contributed by atoms with Crippen molar-refractivity contribution in [3.63, 3.8) is 0 Å². The van der Waals surface area contributed by atoms with Crippen molar-refractivity contribution < 1.29 is 14.3 Å². The Morgan fingerprint density at radius 3 is 2.70 bits per heavy atom. The summed E-state index contributed by atoms with van der Waals surface area (Å²) in [6.45, 7) is 2.49. The molecule has 138 valence electrons. The Kier molecular flexibility index (Phi) is 4.79. The highest BCUT2D eigenvalue weighted by Gasteiger charge is 2.30. The Balaban J connectivity index is 1.90. The van der Waals surface area contributed by atoms with E-state index in [0.29, 0.717) is 24.5 Å². The number of carbonyl (C=O) groups excluding carboxylic acids is 1. The summed E-state index contributed by atoms with van der Waals surface area (Å²) < 4.78 is 12.1. The first-order valence-corrected chi connectivity index (χ1v) is 9.73. The normalized spacial score (nSPS) is 16.0. The topological polar surface area (TPSA) is 47.6 Å². The average Bonchev–Trinajstić information content (AvgIpc) is 2.68. The van der Waals surface area contributed by atoms with Crippen molar-refractivity contribution in [2.75, 3.05) is 19.0 Å². The molecule has 0 aromatic heterocycles. The fourth-order valence-corrected chi connectivity index (χ4v) is 4.33. The van der Waals surface area contributed by atoms with Gasteiger partial charge in [-0.1, -0.05) is 52.3 Å². The fourth-order valence-electron chi connectivity index (χ4n) is 3.73. The minimum atomic E-state index is -0.0576. The average molecular weight is 426 g/mol. The molecule has 1 amide bonds. The number of amides is 1. The Morgan fingerprint density at radius 2 is 1.93 bits per heavy atom. The SMILES string of the molecule is CCOc1cc([C@H]2CC(=O)Nc3c2ccc2ccccc32)c(Br)cc1OC. The molecule has 1 heterocycles. The van der Waals surface area contributed by atoms with Crippen molar-refractivity contribution in [2.24, 2.45) is 0 Å². The second-order valence-corrected chi connectivity index (χ2v) is 7.37. The second-order valence-electron chi connectivity index (χ2n) is 6.51. The summed E-state index contributed by atoms with van der Waals surface area (Å²) >= 11 is 3.66. The molecule has 0 unspecified atom stereocenters. The van der Waals surface area contributed by atoms with E-state index in [1.807, 2.05) is 37.3 Å². The van der Waals surface area contributed by atoms with Crippen LogP contribution in [0.25, 0.3) is 10.8 Å². The van der Waals surface area contributed by atoms with Crippen LogP contribution in [0.3, 0.4) is 0 Å². The van der Waals surface area contributed by atoms with E-state index in [1.165, 1.54) is 0 Å². The molecule has 1 aliphatic heterocycles. The lowest BCUT2D eigenvalue weighted by atomic mass is 9.83. The molecule has 0 fully saturated rings. The number of carbonyl (C=O) groups is 1. The third-order valence-corrected chi connectivity index (χ3v) is 5.64. The first-order valence-electron chi connectivity index (χ1n) is 8.94. The van der Waals surface area contributed by atoms with E-state index in [4.69, 9.17) is 9.47 Å². The van der Waals surface area contributed by atoms with Gasteiger partial charge in [-0.15, -0.1) is 0 Å². The van der Waals surface area contributed by atoms with Gasteiger partial charge >= 0.3 is 0 Å². The third-order valence-electron chi connectivity index (χ3n) is 4.95. The summed E-state index contributed by atoms with van der Waals surface area (Å²) in [5.74, 6) is 1.32. The van der Waals surface area contributed by atoms with Crippen molar-refractivity contribution in [2.45, 2.75) is 19.3 Å². The van der Waals surface area contributed by atoms with Crippen molar-refractivity contribution in [1.82, 2.24) is 0 Å². The molecule has 0 radical (unpaired) electrons. The number of benzene rings is 3. The minimum Gasteiger partial charge on any atom is -0.493 e. The molecule has 0 spiro atoms. The van der Waals surface area contributed by atoms with Crippen LogP contribution < -0.4 is 14.8 Å². The van der Waals surface area contributed by atoms with E-state index < -0.39 is 0 Å². The number of rotatable bonds is 4. The smallest absolute Gasteiger partial charge is 0.225 e. The van der Waals surface area contributed by atoms with Gasteiger partial charge in [-0.2, -0.15) is 0 Å². The van der Waals surface area contributed by atoms with Crippen LogP contribution in [-0.4, -0.2) is 19.6 Å². The zero-order valence-electron chi connectivity index (χ0n) is 15.2. The monoisotopic (exact) mass is 425 g/mol. The summed E-state index contributed by atoms with van der Waals surface area (Å²) in [7, 11) is 1.62. The Bertz CT molecular complexity index is 1030. The van der Waals surface area contributed by atoms with Crippen molar-refractivity contribution in [1.29, 1.82) is 0 Å². The van der Waals surface area contributed by atoms with Crippen LogP contribution in [0.5, 0.6) is 11.5 Å². The van der Waals surface area contributed by atoms with Crippen molar-refractivity contribution in [3.8, 4) is 11.5 Å². The van der Waals surface area contributed by atoms with Gasteiger partial charge in [0.05, 0.1) is 19.4 Å². The van der Waals surface area contributed by atoms with Gasteiger partial charge in [0, 0.05) is 22.2 Å². The van der Waals surface area contributed by atoms with Crippen LogP contribution in [0.4, 0.5) is 5.69 Å². The largest absolute Gasteiger partial charge is 0.493 e. The van der Waals surface area contributed by atoms with Crippen LogP contribution in [-0.2, 0) is 4.79 Å². The highest BCUT2D eigenvalue weighted by molar-refractivity contribution is 9.10. The lowest BCUT2D eigenvalue weighted by molar-refractivity contribution is -0.116. The van der Waals surface area contributed by atoms with Crippen LogP contribution in [0.1, 0.15) is 30.4 Å². The maximum Gasteiger partial charge on any atom is 0.225 e. The molecular formula is C22H20BrNO3. The number of halogens is 1. The summed E-state index contributed by atoms with van der Waals surface area (Å²) in [5, 5.41) is 5.24.